The number of fused-ring (bicyclic) bond motifs is 2. The van der Waals surface area contributed by atoms with Crippen LogP contribution in [0.4, 0.5) is 0 Å². The fourth-order valence-corrected chi connectivity index (χ4v) is 3.29. The minimum atomic E-state index is 0.885. The van der Waals surface area contributed by atoms with Crippen molar-refractivity contribution < 1.29 is 0 Å². The molecule has 1 nitrogen and oxygen atoms in total. The Morgan fingerprint density at radius 2 is 1.86 bits per heavy atom. The third-order valence-electron chi connectivity index (χ3n) is 4.01. The Morgan fingerprint density at radius 1 is 1.29 bits per heavy atom. The fourth-order valence-electron chi connectivity index (χ4n) is 3.29. The third kappa shape index (κ3) is 1.88. The Hall–Kier alpha value is -0.300. The van der Waals surface area contributed by atoms with Gasteiger partial charge in [0.05, 0.1) is 0 Å². The highest BCUT2D eigenvalue weighted by Gasteiger charge is 2.39. The van der Waals surface area contributed by atoms with Crippen molar-refractivity contribution in [1.29, 1.82) is 0 Å². The molecule has 0 aromatic carbocycles. The van der Waals surface area contributed by atoms with Crippen LogP contribution < -0.4 is 0 Å². The second-order valence-electron chi connectivity index (χ2n) is 5.26. The van der Waals surface area contributed by atoms with Gasteiger partial charge in [0.15, 0.2) is 0 Å². The Balaban J connectivity index is 1.99. The second-order valence-corrected chi connectivity index (χ2v) is 5.26. The maximum atomic E-state index is 4.04. The molecule has 0 saturated carbocycles. The Morgan fingerprint density at radius 3 is 2.29 bits per heavy atom. The molecule has 0 aromatic rings. The predicted octanol–water partition coefficient (Wildman–Crippen LogP) is 3.22. The van der Waals surface area contributed by atoms with Crippen molar-refractivity contribution in [1.82, 2.24) is 4.90 Å². The van der Waals surface area contributed by atoms with E-state index in [1.165, 1.54) is 37.7 Å². The maximum absolute atomic E-state index is 4.04. The molecule has 1 heteroatoms. The minimum Gasteiger partial charge on any atom is -0.294 e. The van der Waals surface area contributed by atoms with Crippen molar-refractivity contribution >= 4 is 0 Å². The van der Waals surface area contributed by atoms with Crippen molar-refractivity contribution in [3.8, 4) is 0 Å². The van der Waals surface area contributed by atoms with Crippen molar-refractivity contribution in [2.45, 2.75) is 58.0 Å². The average molecular weight is 193 g/mol. The molecule has 2 heterocycles. The lowest BCUT2D eigenvalue weighted by molar-refractivity contribution is 0.113. The summed E-state index contributed by atoms with van der Waals surface area (Å²) in [4.78, 5) is 2.72. The molecule has 0 aromatic heterocycles. The normalized spacial score (nSPS) is 37.4. The summed E-state index contributed by atoms with van der Waals surface area (Å²) in [5.41, 5.74) is 1.33. The molecule has 2 rings (SSSR count). The summed E-state index contributed by atoms with van der Waals surface area (Å²) in [5, 5.41) is 0. The fraction of sp³-hybridized carbons (Fsp3) is 0.846. The molecule has 0 aliphatic carbocycles. The Bertz CT molecular complexity index is 207. The van der Waals surface area contributed by atoms with Gasteiger partial charge in [0, 0.05) is 18.6 Å². The minimum absolute atomic E-state index is 0.885. The molecule has 0 amide bonds. The van der Waals surface area contributed by atoms with Crippen LogP contribution in [0.1, 0.15) is 46.0 Å². The van der Waals surface area contributed by atoms with Crippen molar-refractivity contribution in [2.75, 3.05) is 6.54 Å². The monoisotopic (exact) mass is 193 g/mol. The van der Waals surface area contributed by atoms with Gasteiger partial charge >= 0.3 is 0 Å². The van der Waals surface area contributed by atoms with Crippen LogP contribution in [-0.2, 0) is 0 Å². The highest BCUT2D eigenvalue weighted by molar-refractivity contribution is 5.01. The van der Waals surface area contributed by atoms with Gasteiger partial charge in [-0.05, 0) is 38.5 Å². The third-order valence-corrected chi connectivity index (χ3v) is 4.01. The standard InChI is InChI=1S/C13H23N/c1-4-11-7-12-5-6-13(8-11)14(12)9-10(2)3/h11-13H,2,4-9H2,1,3H3. The summed E-state index contributed by atoms with van der Waals surface area (Å²) in [6, 6.07) is 1.77. The summed E-state index contributed by atoms with van der Waals surface area (Å²) >= 11 is 0. The summed E-state index contributed by atoms with van der Waals surface area (Å²) < 4.78 is 0. The van der Waals surface area contributed by atoms with E-state index in [1.807, 2.05) is 0 Å². The van der Waals surface area contributed by atoms with Crippen LogP contribution in [0.2, 0.25) is 0 Å². The second kappa shape index (κ2) is 4.06. The van der Waals surface area contributed by atoms with E-state index < -0.39 is 0 Å². The smallest absolute Gasteiger partial charge is 0.0193 e. The first-order chi connectivity index (χ1) is 6.70. The molecule has 2 bridgehead atoms. The van der Waals surface area contributed by atoms with E-state index in [1.54, 1.807) is 0 Å². The number of rotatable bonds is 3. The van der Waals surface area contributed by atoms with Gasteiger partial charge in [-0.2, -0.15) is 0 Å². The van der Waals surface area contributed by atoms with E-state index in [4.69, 9.17) is 0 Å². The van der Waals surface area contributed by atoms with E-state index >= 15 is 0 Å². The van der Waals surface area contributed by atoms with E-state index in [9.17, 15) is 0 Å². The van der Waals surface area contributed by atoms with Crippen LogP contribution in [0.3, 0.4) is 0 Å². The van der Waals surface area contributed by atoms with E-state index in [0.717, 1.165) is 24.5 Å². The van der Waals surface area contributed by atoms with Gasteiger partial charge in [0.1, 0.15) is 0 Å². The zero-order valence-electron chi connectivity index (χ0n) is 9.63. The van der Waals surface area contributed by atoms with Gasteiger partial charge < -0.3 is 0 Å². The quantitative estimate of drug-likeness (QED) is 0.622. The SMILES string of the molecule is C=C(C)CN1C2CCC1CC(CC)C2. The number of hydrogen-bond acceptors (Lipinski definition) is 1. The lowest BCUT2D eigenvalue weighted by Gasteiger charge is -2.38. The number of piperidine rings is 1. The predicted molar refractivity (Wildman–Crippen MR) is 61.3 cm³/mol. The zero-order valence-corrected chi connectivity index (χ0v) is 9.63. The van der Waals surface area contributed by atoms with Crippen LogP contribution in [0.15, 0.2) is 12.2 Å². The number of hydrogen-bond donors (Lipinski definition) is 0. The first-order valence-electron chi connectivity index (χ1n) is 6.10. The molecule has 2 saturated heterocycles. The summed E-state index contributed by atoms with van der Waals surface area (Å²) in [7, 11) is 0. The van der Waals surface area contributed by atoms with Crippen LogP contribution >= 0.6 is 0 Å². The van der Waals surface area contributed by atoms with E-state index in [0.29, 0.717) is 0 Å². The van der Waals surface area contributed by atoms with Gasteiger partial charge in [-0.25, -0.2) is 0 Å². The number of nitrogens with zero attached hydrogens (tertiary/aromatic N) is 1. The summed E-state index contributed by atoms with van der Waals surface area (Å²) in [6.07, 6.45) is 7.15. The molecular formula is C13H23N. The first-order valence-corrected chi connectivity index (χ1v) is 6.10. The summed E-state index contributed by atoms with van der Waals surface area (Å²) in [6.45, 7) is 9.69. The van der Waals surface area contributed by atoms with Gasteiger partial charge in [-0.15, -0.1) is 0 Å². The molecule has 14 heavy (non-hydrogen) atoms. The van der Waals surface area contributed by atoms with Crippen LogP contribution in [0.5, 0.6) is 0 Å². The molecular weight excluding hydrogens is 170 g/mol. The topological polar surface area (TPSA) is 3.24 Å². The van der Waals surface area contributed by atoms with E-state index in [2.05, 4.69) is 25.3 Å². The van der Waals surface area contributed by atoms with Crippen LogP contribution in [0.25, 0.3) is 0 Å². The van der Waals surface area contributed by atoms with Crippen molar-refractivity contribution in [3.63, 3.8) is 0 Å². The van der Waals surface area contributed by atoms with Crippen LogP contribution in [-0.4, -0.2) is 23.5 Å². The van der Waals surface area contributed by atoms with Crippen LogP contribution in [0, 0.1) is 5.92 Å². The van der Waals surface area contributed by atoms with Gasteiger partial charge in [-0.3, -0.25) is 4.90 Å². The maximum Gasteiger partial charge on any atom is 0.0193 e. The highest BCUT2D eigenvalue weighted by Crippen LogP contribution is 2.39. The molecule has 2 unspecified atom stereocenters. The van der Waals surface area contributed by atoms with Gasteiger partial charge in [0.25, 0.3) is 0 Å². The lowest BCUT2D eigenvalue weighted by Crippen LogP contribution is -2.43. The van der Waals surface area contributed by atoms with Gasteiger partial charge in [0.2, 0.25) is 0 Å². The van der Waals surface area contributed by atoms with E-state index in [-0.39, 0.29) is 0 Å². The molecule has 2 atom stereocenters. The molecule has 2 aliphatic rings. The van der Waals surface area contributed by atoms with Crippen molar-refractivity contribution in [2.24, 2.45) is 5.92 Å². The first kappa shape index (κ1) is 10.2. The molecule has 2 aliphatic heterocycles. The molecule has 2 fully saturated rings. The molecule has 0 N–H and O–H groups in total. The Labute approximate surface area is 88.2 Å². The molecule has 0 spiro atoms. The molecule has 80 valence electrons. The molecule has 0 radical (unpaired) electrons. The highest BCUT2D eigenvalue weighted by atomic mass is 15.2. The zero-order chi connectivity index (χ0) is 10.1. The average Bonchev–Trinajstić information content (AvgIpc) is 2.38. The van der Waals surface area contributed by atoms with Gasteiger partial charge in [-0.1, -0.05) is 25.5 Å². The Kier molecular flexibility index (Phi) is 2.96. The summed E-state index contributed by atoms with van der Waals surface area (Å²) in [5.74, 6) is 1.01. The van der Waals surface area contributed by atoms with Crippen molar-refractivity contribution in [3.05, 3.63) is 12.2 Å². The lowest BCUT2D eigenvalue weighted by atomic mass is 9.88. The largest absolute Gasteiger partial charge is 0.294 e.